The molecule has 0 bridgehead atoms. The average Bonchev–Trinajstić information content (AvgIpc) is 3.04. The lowest BCUT2D eigenvalue weighted by Gasteiger charge is -2.14. The SMILES string of the molecule is Cc1noc([C@H](C)NC(=O)Nc2ccccc2Oc2ccccc2)n1. The molecule has 0 fully saturated rings. The molecule has 0 spiro atoms. The van der Waals surface area contributed by atoms with Crippen molar-refractivity contribution in [3.8, 4) is 11.5 Å². The molecule has 0 radical (unpaired) electrons. The van der Waals surface area contributed by atoms with Crippen LogP contribution in [-0.2, 0) is 0 Å². The van der Waals surface area contributed by atoms with Crippen LogP contribution in [0.1, 0.15) is 24.7 Å². The van der Waals surface area contributed by atoms with Gasteiger partial charge in [0.25, 0.3) is 0 Å². The molecule has 7 heteroatoms. The first-order valence-corrected chi connectivity index (χ1v) is 7.81. The molecule has 3 aromatic rings. The Bertz CT molecular complexity index is 848. The third kappa shape index (κ3) is 4.35. The molecular weight excluding hydrogens is 320 g/mol. The summed E-state index contributed by atoms with van der Waals surface area (Å²) in [7, 11) is 0. The van der Waals surface area contributed by atoms with Gasteiger partial charge in [0.1, 0.15) is 11.8 Å². The Balaban J connectivity index is 1.67. The molecule has 0 aliphatic rings. The van der Waals surface area contributed by atoms with E-state index in [4.69, 9.17) is 9.26 Å². The first-order valence-electron chi connectivity index (χ1n) is 7.81. The number of ether oxygens (including phenoxy) is 1. The van der Waals surface area contributed by atoms with Gasteiger partial charge in [-0.05, 0) is 38.1 Å². The molecule has 0 saturated carbocycles. The number of para-hydroxylation sites is 3. The van der Waals surface area contributed by atoms with Crippen LogP contribution in [0.4, 0.5) is 10.5 Å². The number of aryl methyl sites for hydroxylation is 1. The first kappa shape index (κ1) is 16.5. The summed E-state index contributed by atoms with van der Waals surface area (Å²) in [6, 6.07) is 15.8. The monoisotopic (exact) mass is 338 g/mol. The minimum absolute atomic E-state index is 0.349. The number of nitrogens with one attached hydrogen (secondary N) is 2. The van der Waals surface area contributed by atoms with Gasteiger partial charge in [0, 0.05) is 0 Å². The molecule has 3 rings (SSSR count). The molecule has 128 valence electrons. The lowest BCUT2D eigenvalue weighted by Crippen LogP contribution is -2.31. The van der Waals surface area contributed by atoms with Gasteiger partial charge in [-0.15, -0.1) is 0 Å². The van der Waals surface area contributed by atoms with Crippen molar-refractivity contribution < 1.29 is 14.1 Å². The zero-order valence-electron chi connectivity index (χ0n) is 13.9. The maximum absolute atomic E-state index is 12.2. The standard InChI is InChI=1S/C18H18N4O3/c1-12(17-20-13(2)22-25-17)19-18(23)21-15-10-6-7-11-16(15)24-14-8-4-3-5-9-14/h3-12H,1-2H3,(H2,19,21,23)/t12-/m0/s1. The molecule has 0 saturated heterocycles. The lowest BCUT2D eigenvalue weighted by atomic mass is 10.3. The van der Waals surface area contributed by atoms with E-state index in [-0.39, 0.29) is 0 Å². The highest BCUT2D eigenvalue weighted by Gasteiger charge is 2.16. The summed E-state index contributed by atoms with van der Waals surface area (Å²) in [5, 5.41) is 9.23. The molecule has 0 aliphatic heterocycles. The van der Waals surface area contributed by atoms with Crippen LogP contribution in [0.15, 0.2) is 59.1 Å². The van der Waals surface area contributed by atoms with Crippen LogP contribution in [0.2, 0.25) is 0 Å². The molecule has 7 nitrogen and oxygen atoms in total. The van der Waals surface area contributed by atoms with Gasteiger partial charge < -0.3 is 19.9 Å². The molecule has 1 aromatic heterocycles. The van der Waals surface area contributed by atoms with Crippen molar-refractivity contribution in [3.63, 3.8) is 0 Å². The highest BCUT2D eigenvalue weighted by atomic mass is 16.5. The summed E-state index contributed by atoms with van der Waals surface area (Å²) in [6.45, 7) is 3.48. The highest BCUT2D eigenvalue weighted by molar-refractivity contribution is 5.91. The number of aromatic nitrogens is 2. The maximum atomic E-state index is 12.2. The largest absolute Gasteiger partial charge is 0.455 e. The molecule has 1 heterocycles. The van der Waals surface area contributed by atoms with Crippen molar-refractivity contribution in [1.82, 2.24) is 15.5 Å². The van der Waals surface area contributed by atoms with Gasteiger partial charge in [-0.3, -0.25) is 0 Å². The van der Waals surface area contributed by atoms with Crippen molar-refractivity contribution in [1.29, 1.82) is 0 Å². The number of rotatable bonds is 5. The quantitative estimate of drug-likeness (QED) is 0.732. The van der Waals surface area contributed by atoms with E-state index in [2.05, 4.69) is 20.8 Å². The Kier molecular flexibility index (Phi) is 4.94. The third-order valence-corrected chi connectivity index (χ3v) is 3.37. The molecule has 2 aromatic carbocycles. The average molecular weight is 338 g/mol. The fourth-order valence-corrected chi connectivity index (χ4v) is 2.18. The fourth-order valence-electron chi connectivity index (χ4n) is 2.18. The summed E-state index contributed by atoms with van der Waals surface area (Å²) in [5.74, 6) is 2.10. The summed E-state index contributed by atoms with van der Waals surface area (Å²) >= 11 is 0. The second-order valence-corrected chi connectivity index (χ2v) is 5.41. The Labute approximate surface area is 145 Å². The normalized spacial score (nSPS) is 11.6. The van der Waals surface area contributed by atoms with E-state index in [1.165, 1.54) is 0 Å². The molecular formula is C18H18N4O3. The van der Waals surface area contributed by atoms with Crippen LogP contribution in [0.25, 0.3) is 0 Å². The van der Waals surface area contributed by atoms with E-state index in [0.717, 1.165) is 0 Å². The van der Waals surface area contributed by atoms with Crippen LogP contribution in [0.3, 0.4) is 0 Å². The van der Waals surface area contributed by atoms with Crippen molar-refractivity contribution in [2.24, 2.45) is 0 Å². The fraction of sp³-hybridized carbons (Fsp3) is 0.167. The van der Waals surface area contributed by atoms with Crippen LogP contribution >= 0.6 is 0 Å². The van der Waals surface area contributed by atoms with Crippen LogP contribution in [0, 0.1) is 6.92 Å². The van der Waals surface area contributed by atoms with Gasteiger partial charge in [-0.25, -0.2) is 4.79 Å². The zero-order chi connectivity index (χ0) is 17.6. The Morgan fingerprint density at radius 2 is 1.84 bits per heavy atom. The van der Waals surface area contributed by atoms with Crippen molar-refractivity contribution in [2.75, 3.05) is 5.32 Å². The Morgan fingerprint density at radius 1 is 1.12 bits per heavy atom. The van der Waals surface area contributed by atoms with E-state index < -0.39 is 12.1 Å². The van der Waals surface area contributed by atoms with Crippen molar-refractivity contribution in [3.05, 3.63) is 66.3 Å². The lowest BCUT2D eigenvalue weighted by molar-refractivity contribution is 0.245. The predicted octanol–water partition coefficient (Wildman–Crippen LogP) is 4.05. The summed E-state index contributed by atoms with van der Waals surface area (Å²) in [6.07, 6.45) is 0. The molecule has 2 amide bonds. The number of carbonyl (C=O) groups excluding carboxylic acids is 1. The topological polar surface area (TPSA) is 89.3 Å². The number of anilines is 1. The van der Waals surface area contributed by atoms with Gasteiger partial charge in [-0.1, -0.05) is 35.5 Å². The second kappa shape index (κ2) is 7.48. The van der Waals surface area contributed by atoms with E-state index in [1.807, 2.05) is 42.5 Å². The minimum Gasteiger partial charge on any atom is -0.455 e. The van der Waals surface area contributed by atoms with Gasteiger partial charge in [0.15, 0.2) is 11.6 Å². The third-order valence-electron chi connectivity index (χ3n) is 3.37. The van der Waals surface area contributed by atoms with Crippen LogP contribution in [-0.4, -0.2) is 16.2 Å². The zero-order valence-corrected chi connectivity index (χ0v) is 13.9. The smallest absolute Gasteiger partial charge is 0.319 e. The van der Waals surface area contributed by atoms with Crippen molar-refractivity contribution >= 4 is 11.7 Å². The second-order valence-electron chi connectivity index (χ2n) is 5.41. The molecule has 0 aliphatic carbocycles. The van der Waals surface area contributed by atoms with Gasteiger partial charge >= 0.3 is 6.03 Å². The van der Waals surface area contributed by atoms with Crippen LogP contribution < -0.4 is 15.4 Å². The van der Waals surface area contributed by atoms with E-state index in [9.17, 15) is 4.79 Å². The number of nitrogens with zero attached hydrogens (tertiary/aromatic N) is 2. The predicted molar refractivity (Wildman–Crippen MR) is 92.6 cm³/mol. The maximum Gasteiger partial charge on any atom is 0.319 e. The highest BCUT2D eigenvalue weighted by Crippen LogP contribution is 2.29. The first-order chi connectivity index (χ1) is 12.1. The van der Waals surface area contributed by atoms with Crippen LogP contribution in [0.5, 0.6) is 11.5 Å². The van der Waals surface area contributed by atoms with Gasteiger partial charge in [0.05, 0.1) is 5.69 Å². The number of amides is 2. The van der Waals surface area contributed by atoms with Gasteiger partial charge in [0.2, 0.25) is 5.89 Å². The minimum atomic E-state index is -0.414. The summed E-state index contributed by atoms with van der Waals surface area (Å²) < 4.78 is 10.9. The number of benzene rings is 2. The molecule has 1 atom stereocenters. The summed E-state index contributed by atoms with van der Waals surface area (Å²) in [5.41, 5.74) is 0.553. The number of hydrogen-bond acceptors (Lipinski definition) is 5. The van der Waals surface area contributed by atoms with Crippen molar-refractivity contribution in [2.45, 2.75) is 19.9 Å². The van der Waals surface area contributed by atoms with E-state index in [0.29, 0.717) is 28.9 Å². The van der Waals surface area contributed by atoms with E-state index in [1.54, 1.807) is 26.0 Å². The van der Waals surface area contributed by atoms with E-state index >= 15 is 0 Å². The number of urea groups is 1. The molecule has 25 heavy (non-hydrogen) atoms. The number of carbonyl (C=O) groups is 1. The molecule has 2 N–H and O–H groups in total. The Morgan fingerprint density at radius 3 is 2.56 bits per heavy atom. The summed E-state index contributed by atoms with van der Waals surface area (Å²) in [4.78, 5) is 16.3. The van der Waals surface area contributed by atoms with Gasteiger partial charge in [-0.2, -0.15) is 4.98 Å². The molecule has 0 unspecified atom stereocenters. The number of hydrogen-bond donors (Lipinski definition) is 2. The Hall–Kier alpha value is -3.35.